The van der Waals surface area contributed by atoms with Crippen molar-refractivity contribution in [1.29, 1.82) is 0 Å². The highest BCUT2D eigenvalue weighted by atomic mass is 32.3. The molecule has 8 nitrogen and oxygen atoms in total. The number of hydrogen-bond acceptors (Lipinski definition) is 5. The average Bonchev–Trinajstić information content (AvgIpc) is 3.40. The van der Waals surface area contributed by atoms with E-state index in [-0.39, 0.29) is 49.4 Å². The topological polar surface area (TPSA) is 98.9 Å². The molecule has 0 unspecified atom stereocenters. The molecule has 2 aliphatic heterocycles. The highest BCUT2D eigenvalue weighted by Crippen LogP contribution is 2.43. The van der Waals surface area contributed by atoms with Gasteiger partial charge in [0.25, 0.3) is 17.7 Å². The van der Waals surface area contributed by atoms with Crippen LogP contribution in [-0.2, 0) is 0 Å². The summed E-state index contributed by atoms with van der Waals surface area (Å²) in [6, 6.07) is 10.4. The second-order valence-electron chi connectivity index (χ2n) is 8.73. The summed E-state index contributed by atoms with van der Waals surface area (Å²) in [4.78, 5) is 32.9. The zero-order valence-electron chi connectivity index (χ0n) is 18.2. The van der Waals surface area contributed by atoms with E-state index in [4.69, 9.17) is 0 Å². The molecule has 180 valence electrons. The van der Waals surface area contributed by atoms with E-state index in [2.05, 4.69) is 4.98 Å². The van der Waals surface area contributed by atoms with Gasteiger partial charge in [-0.1, -0.05) is 6.07 Å². The molecule has 1 aromatic carbocycles. The Hall–Kier alpha value is -3.02. The van der Waals surface area contributed by atoms with Crippen molar-refractivity contribution in [2.45, 2.75) is 18.8 Å². The third-order valence-electron chi connectivity index (χ3n) is 6.26. The first kappa shape index (κ1) is 22.8. The van der Waals surface area contributed by atoms with Crippen LogP contribution in [0.15, 0.2) is 48.8 Å². The molecule has 0 aliphatic carbocycles. The van der Waals surface area contributed by atoms with Crippen molar-refractivity contribution in [3.8, 4) is 5.69 Å². The van der Waals surface area contributed by atoms with Gasteiger partial charge >= 0.3 is 0 Å². The maximum atomic E-state index is 13.4. The van der Waals surface area contributed by atoms with Gasteiger partial charge in [-0.3, -0.25) is 18.7 Å². The van der Waals surface area contributed by atoms with E-state index in [1.807, 2.05) is 6.07 Å². The van der Waals surface area contributed by atoms with Crippen molar-refractivity contribution in [3.63, 3.8) is 0 Å². The highest BCUT2D eigenvalue weighted by Gasteiger charge is 2.36. The minimum Gasteiger partial charge on any atom is -0.338 e. The molecule has 0 saturated carbocycles. The molecular weight excluding hydrogens is 466 g/mol. The Bertz CT molecular complexity index is 1270. The number of benzene rings is 1. The van der Waals surface area contributed by atoms with Gasteiger partial charge in [-0.15, -0.1) is 0 Å². The minimum absolute atomic E-state index is 0.0118. The van der Waals surface area contributed by atoms with Gasteiger partial charge in [-0.25, -0.2) is 13.8 Å². The lowest BCUT2D eigenvalue weighted by Gasteiger charge is -2.31. The molecular formula is C23H24F2N4O4S. The van der Waals surface area contributed by atoms with Crippen LogP contribution in [0.3, 0.4) is 0 Å². The van der Waals surface area contributed by atoms with Crippen molar-refractivity contribution >= 4 is 33.4 Å². The van der Waals surface area contributed by atoms with E-state index in [1.165, 1.54) is 16.0 Å². The summed E-state index contributed by atoms with van der Waals surface area (Å²) in [6.45, 7) is 0.320. The maximum Gasteiger partial charge on any atom is 0.255 e. The molecule has 0 spiro atoms. The summed E-state index contributed by atoms with van der Waals surface area (Å²) in [5.74, 6) is -3.19. The summed E-state index contributed by atoms with van der Waals surface area (Å²) in [7, 11) is -2.73. The van der Waals surface area contributed by atoms with Crippen LogP contribution in [0.2, 0.25) is 0 Å². The third kappa shape index (κ3) is 4.38. The Balaban J connectivity index is 1.38. The highest BCUT2D eigenvalue weighted by molar-refractivity contribution is 8.24. The lowest BCUT2D eigenvalue weighted by atomic mass is 10.1. The van der Waals surface area contributed by atoms with Crippen molar-refractivity contribution in [2.75, 3.05) is 31.3 Å². The molecule has 0 atom stereocenters. The standard InChI is InChI=1S/C23H24F2N4O4S/c24-23(25)5-8-27(9-6-23)22(31)18-12-16-4-7-29(20(16)26-14-18)19-3-1-2-17(13-19)21(30)28-10-11-34(32,33)15-28/h1-4,7,12-14,32-33H,5-6,8-11,15H2. The van der Waals surface area contributed by atoms with Crippen LogP contribution >= 0.6 is 10.6 Å². The predicted molar refractivity (Wildman–Crippen MR) is 125 cm³/mol. The van der Waals surface area contributed by atoms with Gasteiger partial charge in [0.15, 0.2) is 0 Å². The Morgan fingerprint density at radius 2 is 1.71 bits per heavy atom. The molecule has 0 bridgehead atoms. The van der Waals surface area contributed by atoms with E-state index >= 15 is 0 Å². The largest absolute Gasteiger partial charge is 0.338 e. The summed E-state index contributed by atoms with van der Waals surface area (Å²) in [5.41, 5.74) is 2.04. The van der Waals surface area contributed by atoms with Crippen LogP contribution in [0.1, 0.15) is 33.6 Å². The van der Waals surface area contributed by atoms with Crippen LogP contribution in [0.5, 0.6) is 0 Å². The number of nitrogens with zero attached hydrogens (tertiary/aromatic N) is 4. The van der Waals surface area contributed by atoms with Crippen molar-refractivity contribution < 1.29 is 27.5 Å². The summed E-state index contributed by atoms with van der Waals surface area (Å²) in [6.07, 6.45) is 2.55. The molecule has 5 rings (SSSR count). The van der Waals surface area contributed by atoms with Crippen molar-refractivity contribution in [2.24, 2.45) is 0 Å². The molecule has 2 saturated heterocycles. The number of hydrogen-bond donors (Lipinski definition) is 2. The second kappa shape index (κ2) is 8.33. The van der Waals surface area contributed by atoms with Gasteiger partial charge in [0.05, 0.1) is 11.3 Å². The Morgan fingerprint density at radius 1 is 0.971 bits per heavy atom. The van der Waals surface area contributed by atoms with Crippen LogP contribution < -0.4 is 0 Å². The maximum absolute atomic E-state index is 13.4. The van der Waals surface area contributed by atoms with E-state index in [0.717, 1.165) is 0 Å². The average molecular weight is 491 g/mol. The monoisotopic (exact) mass is 490 g/mol. The van der Waals surface area contributed by atoms with Crippen molar-refractivity contribution in [3.05, 3.63) is 59.9 Å². The number of carbonyl (C=O) groups is 2. The number of amides is 2. The Kier molecular flexibility index (Phi) is 5.58. The molecule has 0 radical (unpaired) electrons. The first-order valence-electron chi connectivity index (χ1n) is 10.9. The van der Waals surface area contributed by atoms with E-state index < -0.39 is 16.5 Å². The molecule has 2 fully saturated rings. The Morgan fingerprint density at radius 3 is 2.41 bits per heavy atom. The van der Waals surface area contributed by atoms with Crippen molar-refractivity contribution in [1.82, 2.24) is 19.4 Å². The Labute approximate surface area is 196 Å². The minimum atomic E-state index is -2.73. The molecule has 34 heavy (non-hydrogen) atoms. The fraction of sp³-hybridized carbons (Fsp3) is 0.348. The van der Waals surface area contributed by atoms with Crippen LogP contribution in [0.4, 0.5) is 8.78 Å². The number of fused-ring (bicyclic) bond motifs is 1. The molecule has 2 N–H and O–H groups in total. The number of aromatic nitrogens is 2. The van der Waals surface area contributed by atoms with E-state index in [9.17, 15) is 27.5 Å². The number of carbonyl (C=O) groups excluding carboxylic acids is 2. The van der Waals surface area contributed by atoms with Gasteiger partial charge in [0.1, 0.15) is 11.5 Å². The first-order valence-corrected chi connectivity index (χ1v) is 12.8. The lowest BCUT2D eigenvalue weighted by Crippen LogP contribution is -2.42. The smallest absolute Gasteiger partial charge is 0.255 e. The van der Waals surface area contributed by atoms with Gasteiger partial charge in [0, 0.05) is 61.5 Å². The quantitative estimate of drug-likeness (QED) is 0.577. The number of halogens is 2. The molecule has 4 heterocycles. The van der Waals surface area contributed by atoms with E-state index in [1.54, 1.807) is 41.1 Å². The predicted octanol–water partition coefficient (Wildman–Crippen LogP) is 4.06. The molecule has 2 aromatic heterocycles. The summed E-state index contributed by atoms with van der Waals surface area (Å²) < 4.78 is 48.3. The number of alkyl halides is 2. The fourth-order valence-corrected chi connectivity index (χ4v) is 5.72. The number of pyridine rings is 1. The fourth-order valence-electron chi connectivity index (χ4n) is 4.34. The SMILES string of the molecule is O=C(c1cnc2c(ccn2-c2cccc(C(=O)N3CCS(O)(O)C3)c2)c1)N1CCC(F)(F)CC1. The van der Waals surface area contributed by atoms with Gasteiger partial charge in [0.2, 0.25) is 0 Å². The molecule has 11 heteroatoms. The number of piperidine rings is 1. The zero-order valence-corrected chi connectivity index (χ0v) is 19.0. The van der Waals surface area contributed by atoms with Crippen LogP contribution in [0.25, 0.3) is 16.7 Å². The van der Waals surface area contributed by atoms with Gasteiger partial charge in [-0.2, -0.15) is 10.6 Å². The summed E-state index contributed by atoms with van der Waals surface area (Å²) in [5, 5.41) is 0.707. The van der Waals surface area contributed by atoms with Gasteiger partial charge in [-0.05, 0) is 30.3 Å². The molecule has 2 aliphatic rings. The number of rotatable bonds is 3. The van der Waals surface area contributed by atoms with Gasteiger partial charge < -0.3 is 14.4 Å². The normalized spacial score (nSPS) is 20.5. The van der Waals surface area contributed by atoms with Crippen LogP contribution in [0, 0.1) is 0 Å². The first-order chi connectivity index (χ1) is 16.1. The third-order valence-corrected chi connectivity index (χ3v) is 7.83. The summed E-state index contributed by atoms with van der Waals surface area (Å²) >= 11 is 0. The van der Waals surface area contributed by atoms with E-state index in [0.29, 0.717) is 34.4 Å². The molecule has 2 amide bonds. The lowest BCUT2D eigenvalue weighted by molar-refractivity contribution is -0.0494. The molecule has 3 aromatic rings. The second-order valence-corrected chi connectivity index (χ2v) is 11.0. The number of likely N-dealkylation sites (tertiary alicyclic amines) is 1. The zero-order chi connectivity index (χ0) is 24.1. The van der Waals surface area contributed by atoms with Crippen LogP contribution in [-0.4, -0.2) is 77.5 Å².